The third kappa shape index (κ3) is 4.67. The van der Waals surface area contributed by atoms with Crippen LogP contribution >= 0.6 is 0 Å². The number of benzene rings is 1. The fourth-order valence-corrected chi connectivity index (χ4v) is 4.15. The van der Waals surface area contributed by atoms with Gasteiger partial charge in [0.2, 0.25) is 0 Å². The first-order valence-electron chi connectivity index (χ1n) is 11.4. The summed E-state index contributed by atoms with van der Waals surface area (Å²) in [5, 5.41) is 13.7. The van der Waals surface area contributed by atoms with Crippen LogP contribution in [0.1, 0.15) is 25.2 Å². The summed E-state index contributed by atoms with van der Waals surface area (Å²) in [6.07, 6.45) is 3.78. The van der Waals surface area contributed by atoms with E-state index in [-0.39, 0.29) is 28.7 Å². The van der Waals surface area contributed by atoms with Crippen LogP contribution in [-0.2, 0) is 0 Å². The van der Waals surface area contributed by atoms with Gasteiger partial charge in [-0.25, -0.2) is 8.78 Å². The molecule has 0 bridgehead atoms. The monoisotopic (exact) mass is 480 g/mol. The minimum absolute atomic E-state index is 0.0921. The van der Waals surface area contributed by atoms with Gasteiger partial charge < -0.3 is 25.3 Å². The van der Waals surface area contributed by atoms with Crippen molar-refractivity contribution in [1.29, 1.82) is 0 Å². The summed E-state index contributed by atoms with van der Waals surface area (Å²) in [6, 6.07) is 6.21. The highest BCUT2D eigenvalue weighted by Gasteiger charge is 2.23. The molecule has 0 spiro atoms. The zero-order valence-corrected chi connectivity index (χ0v) is 19.6. The van der Waals surface area contributed by atoms with Gasteiger partial charge in [-0.1, -0.05) is 6.08 Å². The number of anilines is 3. The highest BCUT2D eigenvalue weighted by Crippen LogP contribution is 2.33. The van der Waals surface area contributed by atoms with E-state index in [2.05, 4.69) is 47.6 Å². The van der Waals surface area contributed by atoms with Gasteiger partial charge in [0.15, 0.2) is 23.2 Å². The molecule has 1 atom stereocenters. The number of piperazine rings is 1. The van der Waals surface area contributed by atoms with Gasteiger partial charge in [0, 0.05) is 55.0 Å². The molecule has 1 saturated heterocycles. The summed E-state index contributed by atoms with van der Waals surface area (Å²) in [4.78, 5) is 13.9. The van der Waals surface area contributed by atoms with Crippen LogP contribution in [0.5, 0.6) is 11.8 Å². The number of halogens is 2. The minimum Gasteiger partial charge on any atom is -0.421 e. The molecule has 0 saturated carbocycles. The van der Waals surface area contributed by atoms with Crippen LogP contribution in [0.15, 0.2) is 30.3 Å². The van der Waals surface area contributed by atoms with E-state index < -0.39 is 11.6 Å². The summed E-state index contributed by atoms with van der Waals surface area (Å²) in [6.45, 7) is 8.03. The van der Waals surface area contributed by atoms with Gasteiger partial charge in [0.05, 0.1) is 11.2 Å². The first-order valence-corrected chi connectivity index (χ1v) is 11.4. The van der Waals surface area contributed by atoms with Crippen molar-refractivity contribution >= 4 is 34.4 Å². The lowest BCUT2D eigenvalue weighted by atomic mass is 10.2. The number of aryl methyl sites for hydroxylation is 1. The molecule has 0 amide bonds. The summed E-state index contributed by atoms with van der Waals surface area (Å²) in [7, 11) is 0. The highest BCUT2D eigenvalue weighted by atomic mass is 19.1. The molecule has 9 nitrogen and oxygen atoms in total. The van der Waals surface area contributed by atoms with Gasteiger partial charge in [0.1, 0.15) is 11.6 Å². The van der Waals surface area contributed by atoms with Crippen molar-refractivity contribution in [2.45, 2.75) is 26.8 Å². The number of ether oxygens (including phenoxy) is 1. The smallest absolute Gasteiger partial charge is 0.326 e. The number of hydrogen-bond acceptors (Lipinski definition) is 7. The zero-order valence-electron chi connectivity index (χ0n) is 19.6. The minimum atomic E-state index is -0.687. The number of hydrogen-bond donors (Lipinski definition) is 4. The van der Waals surface area contributed by atoms with Crippen molar-refractivity contribution in [3.8, 4) is 11.8 Å². The molecular weight excluding hydrogens is 454 g/mol. The second-order valence-corrected chi connectivity index (χ2v) is 8.49. The van der Waals surface area contributed by atoms with Crippen molar-refractivity contribution in [2.24, 2.45) is 0 Å². The maximum atomic E-state index is 15.2. The van der Waals surface area contributed by atoms with E-state index in [4.69, 9.17) is 4.74 Å². The second-order valence-electron chi connectivity index (χ2n) is 8.49. The van der Waals surface area contributed by atoms with E-state index in [0.717, 1.165) is 31.4 Å². The van der Waals surface area contributed by atoms with Gasteiger partial charge in [0.25, 0.3) is 0 Å². The second kappa shape index (κ2) is 9.34. The Bertz CT molecular complexity index is 1400. The van der Waals surface area contributed by atoms with E-state index in [9.17, 15) is 4.39 Å². The Morgan fingerprint density at radius 3 is 2.83 bits per heavy atom. The average Bonchev–Trinajstić information content (AvgIpc) is 3.44. The molecule has 4 N–H and O–H groups in total. The number of nitrogens with one attached hydrogen (secondary N) is 4. The molecule has 3 aromatic heterocycles. The molecule has 35 heavy (non-hydrogen) atoms. The van der Waals surface area contributed by atoms with Crippen LogP contribution in [0, 0.1) is 18.6 Å². The molecule has 0 aliphatic carbocycles. The molecule has 4 heterocycles. The number of H-pyrrole nitrogens is 2. The van der Waals surface area contributed by atoms with E-state index in [1.165, 1.54) is 6.07 Å². The van der Waals surface area contributed by atoms with Crippen molar-refractivity contribution in [3.05, 3.63) is 53.4 Å². The maximum absolute atomic E-state index is 15.2. The van der Waals surface area contributed by atoms with E-state index >= 15 is 4.39 Å². The van der Waals surface area contributed by atoms with Gasteiger partial charge in [-0.3, -0.25) is 5.10 Å². The molecule has 1 aliphatic heterocycles. The first kappa shape index (κ1) is 22.8. The van der Waals surface area contributed by atoms with Crippen LogP contribution in [0.2, 0.25) is 0 Å². The topological polar surface area (TPSA) is 107 Å². The molecule has 1 unspecified atom stereocenters. The molecule has 11 heteroatoms. The molecule has 4 aromatic rings. The van der Waals surface area contributed by atoms with Crippen LogP contribution in [0.25, 0.3) is 17.0 Å². The molecule has 5 rings (SSSR count). The summed E-state index contributed by atoms with van der Waals surface area (Å²) >= 11 is 0. The molecule has 1 aromatic carbocycles. The normalized spacial score (nSPS) is 16.4. The largest absolute Gasteiger partial charge is 0.421 e. The number of rotatable bonds is 6. The van der Waals surface area contributed by atoms with Crippen LogP contribution < -0.4 is 20.3 Å². The number of aromatic amines is 2. The summed E-state index contributed by atoms with van der Waals surface area (Å²) in [5.41, 5.74) is 1.56. The molecule has 0 radical (unpaired) electrons. The summed E-state index contributed by atoms with van der Waals surface area (Å²) in [5.74, 6) is -0.0381. The third-order valence-corrected chi connectivity index (χ3v) is 5.79. The maximum Gasteiger partial charge on any atom is 0.326 e. The Labute approximate surface area is 200 Å². The predicted molar refractivity (Wildman–Crippen MR) is 131 cm³/mol. The van der Waals surface area contributed by atoms with E-state index in [1.54, 1.807) is 13.0 Å². The number of allylic oxidation sites excluding steroid dienone is 1. The van der Waals surface area contributed by atoms with Crippen molar-refractivity contribution in [1.82, 2.24) is 30.5 Å². The Hall–Kier alpha value is -3.99. The van der Waals surface area contributed by atoms with Crippen molar-refractivity contribution in [2.75, 3.05) is 29.9 Å². The summed E-state index contributed by atoms with van der Waals surface area (Å²) < 4.78 is 35.5. The quantitative estimate of drug-likeness (QED) is 0.319. The fraction of sp³-hybridized carbons (Fsp3) is 0.292. The van der Waals surface area contributed by atoms with Crippen molar-refractivity contribution < 1.29 is 13.5 Å². The lowest BCUT2D eigenvalue weighted by Gasteiger charge is -2.35. The Kier molecular flexibility index (Phi) is 6.08. The molecule has 182 valence electrons. The number of nitrogens with zero attached hydrogens (tertiary/aromatic N) is 4. The third-order valence-electron chi connectivity index (χ3n) is 5.79. The van der Waals surface area contributed by atoms with E-state index in [1.807, 2.05) is 25.1 Å². The predicted octanol–water partition coefficient (Wildman–Crippen LogP) is 4.63. The van der Waals surface area contributed by atoms with Gasteiger partial charge in [-0.15, -0.1) is 0 Å². The standard InChI is InChI=1S/C24H26F2N8O/c1-4-5-15-9-20(33-32-15)29-19-11-21(34-7-6-27-12-14(34)3)31-24(30-19)35-18-10-17(25)23-16(22(18)26)8-13(2)28-23/h4-5,8-11,14,27-28H,6-7,12H2,1-3H3,(H2,29,30,31,32,33)/b5-4+. The van der Waals surface area contributed by atoms with Crippen LogP contribution in [0.3, 0.4) is 0 Å². The Balaban J connectivity index is 1.53. The van der Waals surface area contributed by atoms with Gasteiger partial charge >= 0.3 is 6.01 Å². The highest BCUT2D eigenvalue weighted by molar-refractivity contribution is 5.83. The lowest BCUT2D eigenvalue weighted by molar-refractivity contribution is 0.409. The SMILES string of the molecule is C/C=C/c1cc(Nc2cc(N3CCNCC3C)nc(Oc3cc(F)c4[nH]c(C)cc4c3F)n2)n[nH]1. The molecular formula is C24H26F2N8O. The lowest BCUT2D eigenvalue weighted by Crippen LogP contribution is -2.50. The average molecular weight is 481 g/mol. The molecule has 1 fully saturated rings. The first-order chi connectivity index (χ1) is 16.9. The van der Waals surface area contributed by atoms with Gasteiger partial charge in [-0.05, 0) is 32.9 Å². The zero-order chi connectivity index (χ0) is 24.5. The van der Waals surface area contributed by atoms with Crippen LogP contribution in [-0.4, -0.2) is 50.8 Å². The van der Waals surface area contributed by atoms with Crippen LogP contribution in [0.4, 0.5) is 26.2 Å². The Morgan fingerprint density at radius 2 is 2.03 bits per heavy atom. The number of fused-ring (bicyclic) bond motifs is 1. The number of aromatic nitrogens is 5. The molecule has 1 aliphatic rings. The van der Waals surface area contributed by atoms with E-state index in [0.29, 0.717) is 23.1 Å². The van der Waals surface area contributed by atoms with Gasteiger partial charge in [-0.2, -0.15) is 15.1 Å². The Morgan fingerprint density at radius 1 is 1.17 bits per heavy atom. The fourth-order valence-electron chi connectivity index (χ4n) is 4.15. The van der Waals surface area contributed by atoms with Crippen molar-refractivity contribution in [3.63, 3.8) is 0 Å².